The van der Waals surface area contributed by atoms with Gasteiger partial charge < -0.3 is 36.6 Å². The highest BCUT2D eigenvalue weighted by atomic mass is 32.1. The molecular formula is C27H30N4O8S. The summed E-state index contributed by atoms with van der Waals surface area (Å²) >= 11 is 1.31. The second-order valence-electron chi connectivity index (χ2n) is 10.6. The number of aliphatic hydroxyl groups excluding tert-OH is 3. The molecule has 0 saturated carbocycles. The highest BCUT2D eigenvalue weighted by molar-refractivity contribution is 7.13. The minimum atomic E-state index is -2.95. The van der Waals surface area contributed by atoms with Crippen molar-refractivity contribution in [2.75, 3.05) is 19.4 Å². The summed E-state index contributed by atoms with van der Waals surface area (Å²) in [5, 5.41) is 62.3. The Bertz CT molecular complexity index is 1530. The van der Waals surface area contributed by atoms with Crippen LogP contribution in [0.3, 0.4) is 0 Å². The maximum absolute atomic E-state index is 13.9. The number of thiazole rings is 1. The van der Waals surface area contributed by atoms with Gasteiger partial charge in [0.25, 0.3) is 5.91 Å². The lowest BCUT2D eigenvalue weighted by Gasteiger charge is -2.53. The van der Waals surface area contributed by atoms with Gasteiger partial charge in [0, 0.05) is 16.9 Å². The number of fused-ring (bicyclic) bond motifs is 3. The number of phenols is 1. The van der Waals surface area contributed by atoms with E-state index < -0.39 is 81.4 Å². The number of amides is 1. The number of aromatic hydroxyl groups is 1. The molecule has 0 aliphatic heterocycles. The summed E-state index contributed by atoms with van der Waals surface area (Å²) in [5.41, 5.74) is 2.23. The predicted molar refractivity (Wildman–Crippen MR) is 145 cm³/mol. The molecule has 1 heterocycles. The van der Waals surface area contributed by atoms with E-state index in [-0.39, 0.29) is 11.3 Å². The molecule has 0 bridgehead atoms. The molecule has 12 nitrogen and oxygen atoms in total. The fourth-order valence-electron chi connectivity index (χ4n) is 6.37. The van der Waals surface area contributed by atoms with Crippen molar-refractivity contribution in [1.82, 2.24) is 9.88 Å². The molecule has 40 heavy (non-hydrogen) atoms. The topological polar surface area (TPSA) is 207 Å². The third-order valence-electron chi connectivity index (χ3n) is 8.29. The molecule has 5 rings (SSSR count). The smallest absolute Gasteiger partial charge is 0.255 e. The van der Waals surface area contributed by atoms with E-state index in [1.54, 1.807) is 19.1 Å². The number of rotatable bonds is 5. The maximum Gasteiger partial charge on any atom is 0.255 e. The molecule has 3 aliphatic carbocycles. The first-order chi connectivity index (χ1) is 18.8. The lowest BCUT2D eigenvalue weighted by atomic mass is 9.55. The van der Waals surface area contributed by atoms with Gasteiger partial charge >= 0.3 is 0 Å². The molecule has 0 spiro atoms. The van der Waals surface area contributed by atoms with Gasteiger partial charge in [-0.1, -0.05) is 19.9 Å². The number of nitrogens with one attached hydrogen (secondary N) is 1. The Hall–Kier alpha value is -3.78. The minimum absolute atomic E-state index is 0.169. The van der Waals surface area contributed by atoms with Gasteiger partial charge in [-0.25, -0.2) is 4.98 Å². The summed E-state index contributed by atoms with van der Waals surface area (Å²) in [7, 11) is 2.98. The zero-order valence-corrected chi connectivity index (χ0v) is 23.0. The minimum Gasteiger partial charge on any atom is -0.510 e. The summed E-state index contributed by atoms with van der Waals surface area (Å²) < 4.78 is 0. The number of aliphatic hydroxyl groups is 4. The van der Waals surface area contributed by atoms with Gasteiger partial charge in [-0.2, -0.15) is 0 Å². The van der Waals surface area contributed by atoms with Crippen LogP contribution in [0.1, 0.15) is 41.4 Å². The van der Waals surface area contributed by atoms with Gasteiger partial charge in [0.05, 0.1) is 35.0 Å². The molecule has 6 unspecified atom stereocenters. The molecule has 8 N–H and O–H groups in total. The van der Waals surface area contributed by atoms with Crippen LogP contribution in [-0.4, -0.2) is 84.7 Å². The van der Waals surface area contributed by atoms with Crippen molar-refractivity contribution < 1.29 is 39.9 Å². The molecule has 0 radical (unpaired) electrons. The molecule has 3 aliphatic rings. The zero-order chi connectivity index (χ0) is 29.4. The Labute approximate surface area is 233 Å². The number of ketones is 2. The first-order valence-electron chi connectivity index (χ1n) is 12.7. The van der Waals surface area contributed by atoms with Crippen LogP contribution >= 0.6 is 11.3 Å². The fraction of sp³-hybridized carbons (Fsp3) is 0.407. The molecule has 13 heteroatoms. The fourth-order valence-corrected chi connectivity index (χ4v) is 7.17. The highest BCUT2D eigenvalue weighted by Gasteiger charge is 2.67. The van der Waals surface area contributed by atoms with Crippen LogP contribution in [0, 0.1) is 11.8 Å². The van der Waals surface area contributed by atoms with Gasteiger partial charge in [-0.15, -0.1) is 11.3 Å². The second-order valence-corrected chi connectivity index (χ2v) is 11.5. The molecule has 0 fully saturated rings. The number of primary amides is 1. The molecule has 0 saturated heterocycles. The van der Waals surface area contributed by atoms with E-state index in [9.17, 15) is 39.9 Å². The number of hydrogen-bond acceptors (Lipinski definition) is 12. The van der Waals surface area contributed by atoms with Gasteiger partial charge in [0.1, 0.15) is 17.1 Å². The number of aryl methyl sites for hydroxylation is 1. The highest BCUT2D eigenvalue weighted by Crippen LogP contribution is 2.56. The Kier molecular flexibility index (Phi) is 6.53. The molecule has 1 aromatic heterocycles. The average Bonchev–Trinajstić information content (AvgIpc) is 3.34. The number of phenolic OH excluding ortho intramolecular Hbond substituents is 1. The van der Waals surface area contributed by atoms with E-state index in [0.717, 1.165) is 5.69 Å². The number of likely N-dealkylation sites (N-methyl/N-ethyl adjacent to an activating group) is 1. The number of nitrogens with two attached hydrogens (primary N) is 1. The lowest BCUT2D eigenvalue weighted by molar-refractivity contribution is -0.162. The standard InChI is InChI=1S/C27H30N4O8S/c1-5-10-8-40-26(29-10)30-12-7-6-11-9(2)13-15(20(33)14(11)19(12)32)23(36)27(39)17(21(13)34)18(31(3)4)22(35)16(24(27)37)25(28)38/h6-9,13,17-18,21,32,34-36,39H,5H2,1-4H3,(H2,28,38)(H,29,30). The van der Waals surface area contributed by atoms with Crippen LogP contribution in [0.5, 0.6) is 5.75 Å². The number of Topliss-reactive ketones (excluding diaryl/α,β-unsaturated/α-hetero) is 2. The average molecular weight is 571 g/mol. The van der Waals surface area contributed by atoms with Gasteiger partial charge in [-0.05, 0) is 38.1 Å². The van der Waals surface area contributed by atoms with Crippen LogP contribution in [-0.2, 0) is 16.0 Å². The van der Waals surface area contributed by atoms with E-state index in [0.29, 0.717) is 17.1 Å². The van der Waals surface area contributed by atoms with Crippen molar-refractivity contribution in [1.29, 1.82) is 0 Å². The monoisotopic (exact) mass is 570 g/mol. The van der Waals surface area contributed by atoms with E-state index in [4.69, 9.17) is 5.73 Å². The first-order valence-corrected chi connectivity index (χ1v) is 13.5. The Balaban J connectivity index is 1.70. The molecule has 2 aromatic rings. The third-order valence-corrected chi connectivity index (χ3v) is 9.09. The van der Waals surface area contributed by atoms with E-state index in [1.807, 2.05) is 12.3 Å². The summed E-state index contributed by atoms with van der Waals surface area (Å²) in [6.45, 7) is 3.63. The second kappa shape index (κ2) is 9.41. The summed E-state index contributed by atoms with van der Waals surface area (Å²) in [6.07, 6.45) is -0.929. The van der Waals surface area contributed by atoms with Crippen LogP contribution < -0.4 is 11.1 Å². The van der Waals surface area contributed by atoms with Crippen molar-refractivity contribution in [2.45, 2.75) is 43.9 Å². The summed E-state index contributed by atoms with van der Waals surface area (Å²) in [4.78, 5) is 45.3. The van der Waals surface area contributed by atoms with Gasteiger partial charge in [-0.3, -0.25) is 19.3 Å². The zero-order valence-electron chi connectivity index (χ0n) is 22.2. The van der Waals surface area contributed by atoms with Crippen LogP contribution in [0.4, 0.5) is 10.8 Å². The molecular weight excluding hydrogens is 540 g/mol. The summed E-state index contributed by atoms with van der Waals surface area (Å²) in [6, 6.07) is 1.89. The van der Waals surface area contributed by atoms with Gasteiger partial charge in [0.15, 0.2) is 22.3 Å². The van der Waals surface area contributed by atoms with Crippen molar-refractivity contribution >= 4 is 39.6 Å². The van der Waals surface area contributed by atoms with Crippen LogP contribution in [0.25, 0.3) is 0 Å². The predicted octanol–water partition coefficient (Wildman–Crippen LogP) is 1.41. The third kappa shape index (κ3) is 3.61. The van der Waals surface area contributed by atoms with Crippen molar-refractivity contribution in [2.24, 2.45) is 17.6 Å². The van der Waals surface area contributed by atoms with Gasteiger partial charge in [0.2, 0.25) is 5.78 Å². The molecule has 1 aromatic carbocycles. The quantitative estimate of drug-likeness (QED) is 0.202. The number of anilines is 2. The van der Waals surface area contributed by atoms with E-state index in [1.165, 1.54) is 30.3 Å². The Morgan fingerprint density at radius 3 is 2.48 bits per heavy atom. The maximum atomic E-state index is 13.9. The van der Waals surface area contributed by atoms with E-state index >= 15 is 0 Å². The van der Waals surface area contributed by atoms with Crippen LogP contribution in [0.15, 0.2) is 40.2 Å². The van der Waals surface area contributed by atoms with Crippen LogP contribution in [0.2, 0.25) is 0 Å². The number of hydrogen-bond donors (Lipinski definition) is 7. The Morgan fingerprint density at radius 2 is 1.90 bits per heavy atom. The van der Waals surface area contributed by atoms with Crippen molar-refractivity contribution in [3.8, 4) is 5.75 Å². The summed E-state index contributed by atoms with van der Waals surface area (Å²) in [5.74, 6) is -9.25. The SMILES string of the molecule is CCc1csc(Nc2ccc3c(c2O)C(=O)C2=C(O)C4(O)C(=O)C(C(N)=O)=C(O)C(N(C)C)C4C(O)C2C3C)n1. The Morgan fingerprint density at radius 1 is 1.23 bits per heavy atom. The molecule has 1 amide bonds. The number of carbonyl (C=O) groups excluding carboxylic acids is 3. The first kappa shape index (κ1) is 27.8. The lowest BCUT2D eigenvalue weighted by Crippen LogP contribution is -2.68. The molecule has 6 atom stereocenters. The van der Waals surface area contributed by atoms with Crippen molar-refractivity contribution in [3.05, 3.63) is 57.0 Å². The van der Waals surface area contributed by atoms with Crippen molar-refractivity contribution in [3.63, 3.8) is 0 Å². The number of aromatic nitrogens is 1. The van der Waals surface area contributed by atoms with E-state index in [2.05, 4.69) is 10.3 Å². The molecule has 212 valence electrons. The number of benzene rings is 1. The number of nitrogens with zero attached hydrogens (tertiary/aromatic N) is 2. The normalized spacial score (nSPS) is 29.8. The largest absolute Gasteiger partial charge is 0.510 e. The number of carbonyl (C=O) groups is 3.